The van der Waals surface area contributed by atoms with Crippen molar-refractivity contribution in [2.75, 3.05) is 0 Å². The molecule has 0 amide bonds. The summed E-state index contributed by atoms with van der Waals surface area (Å²) in [5.74, 6) is -1.80. The van der Waals surface area contributed by atoms with Crippen LogP contribution in [0.1, 0.15) is 15.9 Å². The maximum Gasteiger partial charge on any atom is 0.339 e. The lowest BCUT2D eigenvalue weighted by molar-refractivity contribution is 0.0694. The van der Waals surface area contributed by atoms with E-state index in [9.17, 15) is 14.3 Å². The lowest BCUT2D eigenvalue weighted by atomic mass is 10.0. The van der Waals surface area contributed by atoms with E-state index in [4.69, 9.17) is 5.11 Å². The third-order valence-corrected chi connectivity index (χ3v) is 2.72. The van der Waals surface area contributed by atoms with Crippen LogP contribution in [0.5, 0.6) is 5.75 Å². The zero-order valence-electron chi connectivity index (χ0n) is 9.64. The third kappa shape index (κ3) is 2.18. The molecule has 0 heterocycles. The Hall–Kier alpha value is -2.36. The van der Waals surface area contributed by atoms with Gasteiger partial charge < -0.3 is 10.2 Å². The van der Waals surface area contributed by atoms with E-state index in [0.717, 1.165) is 0 Å². The second-order valence-corrected chi connectivity index (χ2v) is 4.00. The molecular formula is C14H11FO3. The highest BCUT2D eigenvalue weighted by atomic mass is 19.1. The minimum atomic E-state index is -1.20. The van der Waals surface area contributed by atoms with E-state index in [1.807, 2.05) is 0 Å². The summed E-state index contributed by atoms with van der Waals surface area (Å²) >= 11 is 0. The van der Waals surface area contributed by atoms with E-state index < -0.39 is 5.97 Å². The van der Waals surface area contributed by atoms with Gasteiger partial charge >= 0.3 is 5.97 Å². The molecule has 2 aromatic rings. The van der Waals surface area contributed by atoms with Crippen molar-refractivity contribution < 1.29 is 19.4 Å². The summed E-state index contributed by atoms with van der Waals surface area (Å²) in [6.45, 7) is 1.64. The Morgan fingerprint density at radius 2 is 1.72 bits per heavy atom. The minimum absolute atomic E-state index is 0.172. The van der Waals surface area contributed by atoms with Crippen LogP contribution in [0, 0.1) is 12.7 Å². The molecule has 0 bridgehead atoms. The summed E-state index contributed by atoms with van der Waals surface area (Å²) in [6, 6.07) is 8.81. The van der Waals surface area contributed by atoms with Crippen LogP contribution in [0.15, 0.2) is 36.4 Å². The molecule has 0 saturated heterocycles. The Balaban J connectivity index is 2.54. The van der Waals surface area contributed by atoms with Gasteiger partial charge in [-0.25, -0.2) is 9.18 Å². The maximum atomic E-state index is 13.2. The van der Waals surface area contributed by atoms with Gasteiger partial charge in [0.25, 0.3) is 0 Å². The molecule has 0 saturated carbocycles. The molecule has 0 unspecified atom stereocenters. The average molecular weight is 246 g/mol. The molecule has 0 fully saturated rings. The van der Waals surface area contributed by atoms with E-state index in [2.05, 4.69) is 0 Å². The number of hydrogen-bond acceptors (Lipinski definition) is 2. The number of phenols is 1. The molecule has 0 aliphatic heterocycles. The second-order valence-electron chi connectivity index (χ2n) is 4.00. The van der Waals surface area contributed by atoms with Crippen LogP contribution in [0.25, 0.3) is 11.1 Å². The number of benzene rings is 2. The molecule has 0 aromatic heterocycles. The van der Waals surface area contributed by atoms with Crippen LogP contribution < -0.4 is 0 Å². The highest BCUT2D eigenvalue weighted by Crippen LogP contribution is 2.27. The number of aromatic carboxylic acids is 1. The number of aromatic hydroxyl groups is 1. The summed E-state index contributed by atoms with van der Waals surface area (Å²) in [7, 11) is 0. The monoisotopic (exact) mass is 246 g/mol. The van der Waals surface area contributed by atoms with Gasteiger partial charge in [0.2, 0.25) is 0 Å². The molecule has 0 radical (unpaired) electrons. The Labute approximate surface area is 103 Å². The molecular weight excluding hydrogens is 235 g/mol. The van der Waals surface area contributed by atoms with Gasteiger partial charge in [0.15, 0.2) is 0 Å². The number of halogens is 1. The second kappa shape index (κ2) is 4.49. The Morgan fingerprint density at radius 3 is 2.33 bits per heavy atom. The van der Waals surface area contributed by atoms with Crippen molar-refractivity contribution >= 4 is 5.97 Å². The van der Waals surface area contributed by atoms with Crippen LogP contribution in [0.3, 0.4) is 0 Å². The number of carbonyl (C=O) groups is 1. The SMILES string of the molecule is Cc1cc(-c2ccc(O)c(C(=O)O)c2)ccc1F. The topological polar surface area (TPSA) is 57.5 Å². The molecule has 2 rings (SSSR count). The van der Waals surface area contributed by atoms with Crippen molar-refractivity contribution in [1.29, 1.82) is 0 Å². The highest BCUT2D eigenvalue weighted by Gasteiger charge is 2.11. The largest absolute Gasteiger partial charge is 0.507 e. The zero-order chi connectivity index (χ0) is 13.3. The van der Waals surface area contributed by atoms with Crippen molar-refractivity contribution in [3.63, 3.8) is 0 Å². The number of rotatable bonds is 2. The van der Waals surface area contributed by atoms with Gasteiger partial charge in [-0.05, 0) is 47.9 Å². The molecule has 92 valence electrons. The van der Waals surface area contributed by atoms with Crippen molar-refractivity contribution in [3.05, 3.63) is 53.3 Å². The molecule has 3 nitrogen and oxygen atoms in total. The predicted molar refractivity (Wildman–Crippen MR) is 65.2 cm³/mol. The standard InChI is InChI=1S/C14H11FO3/c1-8-6-9(2-4-12(8)15)10-3-5-13(16)11(7-10)14(17)18/h2-7,16H,1H3,(H,17,18). The van der Waals surface area contributed by atoms with E-state index in [1.165, 1.54) is 18.2 Å². The van der Waals surface area contributed by atoms with Gasteiger partial charge in [0, 0.05) is 0 Å². The molecule has 2 aromatic carbocycles. The minimum Gasteiger partial charge on any atom is -0.507 e. The van der Waals surface area contributed by atoms with Crippen molar-refractivity contribution in [1.82, 2.24) is 0 Å². The van der Waals surface area contributed by atoms with Crippen molar-refractivity contribution in [3.8, 4) is 16.9 Å². The molecule has 0 aliphatic rings. The fourth-order valence-electron chi connectivity index (χ4n) is 1.71. The third-order valence-electron chi connectivity index (χ3n) is 2.72. The van der Waals surface area contributed by atoms with E-state index in [1.54, 1.807) is 25.1 Å². The van der Waals surface area contributed by atoms with Crippen molar-refractivity contribution in [2.45, 2.75) is 6.92 Å². The lowest BCUT2D eigenvalue weighted by Gasteiger charge is -2.06. The number of hydrogen-bond donors (Lipinski definition) is 2. The van der Waals surface area contributed by atoms with Gasteiger partial charge in [-0.3, -0.25) is 0 Å². The fraction of sp³-hybridized carbons (Fsp3) is 0.0714. The van der Waals surface area contributed by atoms with Crippen LogP contribution in [0.2, 0.25) is 0 Å². The van der Waals surface area contributed by atoms with Crippen LogP contribution >= 0.6 is 0 Å². The number of aryl methyl sites for hydroxylation is 1. The average Bonchev–Trinajstić information content (AvgIpc) is 2.33. The summed E-state index contributed by atoms with van der Waals surface area (Å²) in [6.07, 6.45) is 0. The summed E-state index contributed by atoms with van der Waals surface area (Å²) in [4.78, 5) is 10.9. The normalized spacial score (nSPS) is 10.3. The van der Waals surface area contributed by atoms with Crippen LogP contribution in [-0.4, -0.2) is 16.2 Å². The smallest absolute Gasteiger partial charge is 0.339 e. The quantitative estimate of drug-likeness (QED) is 0.855. The van der Waals surface area contributed by atoms with Crippen LogP contribution in [0.4, 0.5) is 4.39 Å². The van der Waals surface area contributed by atoms with E-state index >= 15 is 0 Å². The summed E-state index contributed by atoms with van der Waals surface area (Å²) in [5.41, 5.74) is 1.64. The van der Waals surface area contributed by atoms with Crippen molar-refractivity contribution in [2.24, 2.45) is 0 Å². The van der Waals surface area contributed by atoms with Gasteiger partial charge in [-0.1, -0.05) is 12.1 Å². The molecule has 0 aliphatic carbocycles. The first-order chi connectivity index (χ1) is 8.49. The molecule has 2 N–H and O–H groups in total. The predicted octanol–water partition coefficient (Wildman–Crippen LogP) is 3.20. The lowest BCUT2D eigenvalue weighted by Crippen LogP contribution is -1.97. The first-order valence-corrected chi connectivity index (χ1v) is 5.32. The van der Waals surface area contributed by atoms with Gasteiger partial charge in [-0.15, -0.1) is 0 Å². The molecule has 18 heavy (non-hydrogen) atoms. The maximum absolute atomic E-state index is 13.2. The van der Waals surface area contributed by atoms with Crippen LogP contribution in [-0.2, 0) is 0 Å². The van der Waals surface area contributed by atoms with E-state index in [-0.39, 0.29) is 17.1 Å². The Bertz CT molecular complexity index is 620. The molecule has 0 atom stereocenters. The van der Waals surface area contributed by atoms with Gasteiger partial charge in [0.1, 0.15) is 17.1 Å². The van der Waals surface area contributed by atoms with E-state index in [0.29, 0.717) is 16.7 Å². The molecule has 4 heteroatoms. The Kier molecular flexibility index (Phi) is 3.02. The first-order valence-electron chi connectivity index (χ1n) is 5.32. The zero-order valence-corrected chi connectivity index (χ0v) is 9.64. The first kappa shape index (κ1) is 12.1. The number of carboxylic acid groups (broad SMARTS) is 1. The summed E-state index contributed by atoms with van der Waals surface area (Å²) < 4.78 is 13.2. The molecule has 0 spiro atoms. The Morgan fingerprint density at radius 1 is 1.11 bits per heavy atom. The summed E-state index contributed by atoms with van der Waals surface area (Å²) in [5, 5.41) is 18.3. The van der Waals surface area contributed by atoms with Gasteiger partial charge in [0.05, 0.1) is 0 Å². The highest BCUT2D eigenvalue weighted by molar-refractivity contribution is 5.92. The van der Waals surface area contributed by atoms with Gasteiger partial charge in [-0.2, -0.15) is 0 Å². The number of carboxylic acids is 1. The fourth-order valence-corrected chi connectivity index (χ4v) is 1.71.